The molecular formula is C25H24N2O3. The number of carbonyl (C=O) groups is 2. The topological polar surface area (TPSA) is 58.6 Å². The number of carbonyl (C=O) groups excluding carboxylic acids is 2. The van der Waals surface area contributed by atoms with Crippen molar-refractivity contribution in [1.82, 2.24) is 0 Å². The third-order valence-corrected chi connectivity index (χ3v) is 5.95. The van der Waals surface area contributed by atoms with Gasteiger partial charge in [-0.05, 0) is 66.3 Å². The predicted molar refractivity (Wildman–Crippen MR) is 119 cm³/mol. The van der Waals surface area contributed by atoms with Gasteiger partial charge in [-0.15, -0.1) is 0 Å². The number of hydrogen-bond acceptors (Lipinski definition) is 3. The van der Waals surface area contributed by atoms with Gasteiger partial charge in [0.05, 0.1) is 17.9 Å². The molecule has 5 heteroatoms. The van der Waals surface area contributed by atoms with Crippen molar-refractivity contribution in [1.29, 1.82) is 0 Å². The number of aryl methyl sites for hydroxylation is 2. The van der Waals surface area contributed by atoms with Gasteiger partial charge in [0.1, 0.15) is 5.75 Å². The van der Waals surface area contributed by atoms with Gasteiger partial charge in [-0.25, -0.2) is 0 Å². The maximum Gasteiger partial charge on any atom is 0.260 e. The van der Waals surface area contributed by atoms with Gasteiger partial charge in [-0.3, -0.25) is 9.59 Å². The number of hydrogen-bond donors (Lipinski definition) is 1. The number of nitrogens with one attached hydrogen (secondary N) is 1. The zero-order chi connectivity index (χ0) is 20.7. The van der Waals surface area contributed by atoms with Crippen LogP contribution < -0.4 is 15.0 Å². The molecule has 2 amide bonds. The average molecular weight is 400 g/mol. The Kier molecular flexibility index (Phi) is 4.66. The van der Waals surface area contributed by atoms with Gasteiger partial charge in [0.15, 0.2) is 0 Å². The van der Waals surface area contributed by atoms with Crippen LogP contribution in [0.2, 0.25) is 0 Å². The summed E-state index contributed by atoms with van der Waals surface area (Å²) in [6.07, 6.45) is 3.13. The van der Waals surface area contributed by atoms with Crippen molar-refractivity contribution in [3.05, 3.63) is 65.2 Å². The number of benzene rings is 3. The first-order chi connectivity index (χ1) is 14.7. The van der Waals surface area contributed by atoms with E-state index in [1.165, 1.54) is 0 Å². The monoisotopic (exact) mass is 400 g/mol. The molecule has 5 rings (SSSR count). The second kappa shape index (κ2) is 7.48. The van der Waals surface area contributed by atoms with Crippen molar-refractivity contribution in [2.24, 2.45) is 0 Å². The summed E-state index contributed by atoms with van der Waals surface area (Å²) in [6, 6.07) is 15.7. The lowest BCUT2D eigenvalue weighted by Crippen LogP contribution is -2.39. The quantitative estimate of drug-likeness (QED) is 0.690. The summed E-state index contributed by atoms with van der Waals surface area (Å²) in [7, 11) is 0. The number of fused-ring (bicyclic) bond motifs is 1. The molecule has 0 aromatic heterocycles. The van der Waals surface area contributed by atoms with Crippen LogP contribution >= 0.6 is 0 Å². The van der Waals surface area contributed by atoms with Crippen LogP contribution in [0.15, 0.2) is 48.5 Å². The van der Waals surface area contributed by atoms with Gasteiger partial charge in [0.25, 0.3) is 5.91 Å². The molecule has 0 saturated carbocycles. The van der Waals surface area contributed by atoms with Crippen molar-refractivity contribution < 1.29 is 14.3 Å². The maximum atomic E-state index is 13.4. The molecule has 0 aliphatic carbocycles. The van der Waals surface area contributed by atoms with Crippen molar-refractivity contribution in [3.8, 4) is 5.75 Å². The summed E-state index contributed by atoms with van der Waals surface area (Å²) in [5.74, 6) is 0.615. The molecule has 0 fully saturated rings. The number of ether oxygens (including phenoxy) is 1. The second-order valence-electron chi connectivity index (χ2n) is 7.84. The van der Waals surface area contributed by atoms with Crippen LogP contribution in [0.4, 0.5) is 11.4 Å². The Bertz CT molecular complexity index is 1150. The van der Waals surface area contributed by atoms with Gasteiger partial charge >= 0.3 is 0 Å². The molecule has 2 heterocycles. The van der Waals surface area contributed by atoms with Crippen LogP contribution in [0.25, 0.3) is 10.8 Å². The molecule has 0 radical (unpaired) electrons. The predicted octanol–water partition coefficient (Wildman–Crippen LogP) is 4.72. The Morgan fingerprint density at radius 3 is 2.70 bits per heavy atom. The van der Waals surface area contributed by atoms with Gasteiger partial charge in [0, 0.05) is 18.7 Å². The molecule has 0 bridgehead atoms. The fraction of sp³-hybridized carbons (Fsp3) is 0.280. The molecule has 0 saturated heterocycles. The van der Waals surface area contributed by atoms with Gasteiger partial charge in [-0.2, -0.15) is 0 Å². The molecule has 5 nitrogen and oxygen atoms in total. The zero-order valence-electron chi connectivity index (χ0n) is 17.0. The third-order valence-electron chi connectivity index (χ3n) is 5.95. The van der Waals surface area contributed by atoms with E-state index in [1.807, 2.05) is 60.4 Å². The normalized spacial score (nSPS) is 15.1. The Morgan fingerprint density at radius 2 is 1.87 bits per heavy atom. The van der Waals surface area contributed by atoms with Crippen LogP contribution in [0, 0.1) is 0 Å². The van der Waals surface area contributed by atoms with Gasteiger partial charge in [-0.1, -0.05) is 30.3 Å². The minimum absolute atomic E-state index is 0.179. The van der Waals surface area contributed by atoms with Crippen molar-refractivity contribution >= 4 is 34.0 Å². The fourth-order valence-corrected chi connectivity index (χ4v) is 4.68. The number of nitrogens with zero attached hydrogens (tertiary/aromatic N) is 1. The van der Waals surface area contributed by atoms with Gasteiger partial charge < -0.3 is 15.0 Å². The Balaban J connectivity index is 1.54. The highest BCUT2D eigenvalue weighted by atomic mass is 16.5. The lowest BCUT2D eigenvalue weighted by molar-refractivity contribution is -0.119. The summed E-state index contributed by atoms with van der Waals surface area (Å²) in [5.41, 5.74) is 4.68. The SMILES string of the molecule is CCOc1ccc2ccccc2c1C(=O)Nc1cc2c3c(c1)CCC(=O)N3CCC2. The Hall–Kier alpha value is -3.34. The molecule has 152 valence electrons. The lowest BCUT2D eigenvalue weighted by atomic mass is 9.91. The first-order valence-electron chi connectivity index (χ1n) is 10.6. The summed E-state index contributed by atoms with van der Waals surface area (Å²) < 4.78 is 5.77. The van der Waals surface area contributed by atoms with Crippen LogP contribution in [0.3, 0.4) is 0 Å². The van der Waals surface area contributed by atoms with E-state index in [2.05, 4.69) is 5.32 Å². The highest BCUT2D eigenvalue weighted by Gasteiger charge is 2.30. The fourth-order valence-electron chi connectivity index (χ4n) is 4.68. The molecule has 3 aromatic rings. The van der Waals surface area contributed by atoms with E-state index in [0.29, 0.717) is 24.3 Å². The molecule has 2 aliphatic rings. The van der Waals surface area contributed by atoms with Crippen molar-refractivity contribution in [2.75, 3.05) is 23.4 Å². The largest absolute Gasteiger partial charge is 0.493 e. The molecule has 3 aromatic carbocycles. The first kappa shape index (κ1) is 18.7. The van der Waals surface area contributed by atoms with E-state index in [1.54, 1.807) is 0 Å². The minimum Gasteiger partial charge on any atom is -0.493 e. The molecule has 1 N–H and O–H groups in total. The summed E-state index contributed by atoms with van der Waals surface area (Å²) in [6.45, 7) is 3.20. The Morgan fingerprint density at radius 1 is 1.07 bits per heavy atom. The van der Waals surface area contributed by atoms with Crippen LogP contribution in [0.5, 0.6) is 5.75 Å². The van der Waals surface area contributed by atoms with Crippen molar-refractivity contribution in [3.63, 3.8) is 0 Å². The molecule has 0 atom stereocenters. The number of amides is 2. The van der Waals surface area contributed by atoms with Crippen molar-refractivity contribution in [2.45, 2.75) is 32.6 Å². The second-order valence-corrected chi connectivity index (χ2v) is 7.84. The van der Waals surface area contributed by atoms with E-state index < -0.39 is 0 Å². The number of rotatable bonds is 4. The highest BCUT2D eigenvalue weighted by Crippen LogP contribution is 2.38. The number of anilines is 2. The molecule has 0 unspecified atom stereocenters. The maximum absolute atomic E-state index is 13.4. The van der Waals surface area contributed by atoms with E-state index in [-0.39, 0.29) is 11.8 Å². The van der Waals surface area contributed by atoms with Crippen LogP contribution in [0.1, 0.15) is 41.3 Å². The van der Waals surface area contributed by atoms with Crippen LogP contribution in [-0.2, 0) is 17.6 Å². The smallest absolute Gasteiger partial charge is 0.260 e. The molecule has 0 spiro atoms. The highest BCUT2D eigenvalue weighted by molar-refractivity contribution is 6.15. The molecule has 30 heavy (non-hydrogen) atoms. The third kappa shape index (κ3) is 3.11. The summed E-state index contributed by atoms with van der Waals surface area (Å²) >= 11 is 0. The lowest BCUT2D eigenvalue weighted by Gasteiger charge is -2.35. The van der Waals surface area contributed by atoms with E-state index in [4.69, 9.17) is 4.74 Å². The van der Waals surface area contributed by atoms with Crippen LogP contribution in [-0.4, -0.2) is 25.0 Å². The summed E-state index contributed by atoms with van der Waals surface area (Å²) in [5, 5.41) is 4.97. The average Bonchev–Trinajstić information content (AvgIpc) is 2.76. The summed E-state index contributed by atoms with van der Waals surface area (Å²) in [4.78, 5) is 27.6. The standard InChI is InChI=1S/C25H24N2O3/c1-2-30-21-11-9-16-6-3-4-8-20(16)23(21)25(29)26-19-14-17-7-5-13-27-22(28)12-10-18(15-19)24(17)27/h3-4,6,8-9,11,14-15H,2,5,7,10,12-13H2,1H3,(H,26,29). The first-order valence-corrected chi connectivity index (χ1v) is 10.6. The van der Waals surface area contributed by atoms with E-state index in [9.17, 15) is 9.59 Å². The molecule has 2 aliphatic heterocycles. The Labute approximate surface area is 175 Å². The van der Waals surface area contributed by atoms with E-state index in [0.717, 1.165) is 59.1 Å². The van der Waals surface area contributed by atoms with Gasteiger partial charge in [0.2, 0.25) is 5.91 Å². The van der Waals surface area contributed by atoms with E-state index >= 15 is 0 Å². The molecular weight excluding hydrogens is 376 g/mol. The zero-order valence-corrected chi connectivity index (χ0v) is 17.0. The minimum atomic E-state index is -0.179.